The first kappa shape index (κ1) is 25.3. The van der Waals surface area contributed by atoms with E-state index in [4.69, 9.17) is 21.7 Å². The molecule has 0 bridgehead atoms. The van der Waals surface area contributed by atoms with Gasteiger partial charge in [0, 0.05) is 44.1 Å². The Balaban J connectivity index is 1.55. The molecule has 1 atom stereocenters. The fourth-order valence-corrected chi connectivity index (χ4v) is 4.46. The number of aldehydes is 1. The maximum atomic E-state index is 13.2. The molecule has 2 aromatic heterocycles. The van der Waals surface area contributed by atoms with Crippen molar-refractivity contribution in [3.63, 3.8) is 0 Å². The van der Waals surface area contributed by atoms with Gasteiger partial charge >= 0.3 is 6.03 Å². The number of hydrogen-bond donors (Lipinski definition) is 2. The summed E-state index contributed by atoms with van der Waals surface area (Å²) >= 11 is 5.22. The van der Waals surface area contributed by atoms with E-state index in [1.807, 2.05) is 17.9 Å². The first-order valence-corrected chi connectivity index (χ1v) is 12.0. The summed E-state index contributed by atoms with van der Waals surface area (Å²) in [6.07, 6.45) is 3.58. The third kappa shape index (κ3) is 5.53. The molecule has 1 saturated heterocycles. The van der Waals surface area contributed by atoms with Crippen molar-refractivity contribution >= 4 is 47.0 Å². The molecular formula is C24H27N7O4S. The van der Waals surface area contributed by atoms with Crippen molar-refractivity contribution in [2.24, 2.45) is 0 Å². The summed E-state index contributed by atoms with van der Waals surface area (Å²) in [5.74, 6) is 0.735. The van der Waals surface area contributed by atoms with Crippen molar-refractivity contribution in [3.8, 4) is 6.07 Å². The molecule has 36 heavy (non-hydrogen) atoms. The average molecular weight is 510 g/mol. The van der Waals surface area contributed by atoms with Gasteiger partial charge in [0.15, 0.2) is 6.29 Å². The highest BCUT2D eigenvalue weighted by atomic mass is 32.1. The van der Waals surface area contributed by atoms with Gasteiger partial charge in [0.25, 0.3) is 5.17 Å². The summed E-state index contributed by atoms with van der Waals surface area (Å²) in [5, 5.41) is 15.8. The van der Waals surface area contributed by atoms with Gasteiger partial charge in [0.05, 0.1) is 24.4 Å². The Morgan fingerprint density at radius 3 is 2.94 bits per heavy atom. The van der Waals surface area contributed by atoms with Crippen LogP contribution >= 0.6 is 12.2 Å². The number of fused-ring (bicyclic) bond motifs is 1. The topological polar surface area (TPSA) is 133 Å². The minimum Gasteiger partial charge on any atom is -0.469 e. The number of aryl methyl sites for hydroxylation is 1. The Labute approximate surface area is 214 Å². The van der Waals surface area contributed by atoms with Crippen LogP contribution < -0.4 is 15.5 Å². The Morgan fingerprint density at radius 1 is 1.42 bits per heavy atom. The molecule has 2 N–H and O–H groups in total. The van der Waals surface area contributed by atoms with Gasteiger partial charge in [-0.3, -0.25) is 15.0 Å². The fraction of sp³-hybridized carbons (Fsp3) is 0.417. The number of rotatable bonds is 8. The zero-order valence-electron chi connectivity index (χ0n) is 20.1. The van der Waals surface area contributed by atoms with Crippen LogP contribution in [-0.2, 0) is 22.4 Å². The highest BCUT2D eigenvalue weighted by Crippen LogP contribution is 2.29. The van der Waals surface area contributed by atoms with Gasteiger partial charge in [-0.15, -0.1) is 0 Å². The molecule has 0 aromatic carbocycles. The number of ether oxygens (including phenoxy) is 2. The van der Waals surface area contributed by atoms with Crippen molar-refractivity contribution in [2.45, 2.75) is 32.4 Å². The number of nitrogens with zero attached hydrogens (tertiary/aromatic N) is 5. The van der Waals surface area contributed by atoms with Gasteiger partial charge in [-0.1, -0.05) is 0 Å². The summed E-state index contributed by atoms with van der Waals surface area (Å²) in [6, 6.07) is 5.16. The molecule has 0 aliphatic carbocycles. The molecule has 11 nitrogen and oxygen atoms in total. The van der Waals surface area contributed by atoms with Crippen LogP contribution in [0.3, 0.4) is 0 Å². The van der Waals surface area contributed by atoms with E-state index in [0.29, 0.717) is 61.4 Å². The molecule has 1 fully saturated rings. The molecule has 0 unspecified atom stereocenters. The molecule has 2 aliphatic rings. The van der Waals surface area contributed by atoms with E-state index < -0.39 is 6.03 Å². The van der Waals surface area contributed by atoms with Crippen molar-refractivity contribution < 1.29 is 19.1 Å². The lowest BCUT2D eigenvalue weighted by Gasteiger charge is -2.29. The molecule has 0 spiro atoms. The number of pyridine rings is 2. The summed E-state index contributed by atoms with van der Waals surface area (Å²) in [5.41, 5.74) is 2.78. The Hall–Kier alpha value is -3.82. The Kier molecular flexibility index (Phi) is 7.92. The minimum absolute atomic E-state index is 0.0522. The highest BCUT2D eigenvalue weighted by molar-refractivity contribution is 7.80. The molecule has 0 saturated carbocycles. The van der Waals surface area contributed by atoms with Gasteiger partial charge in [0.1, 0.15) is 30.0 Å². The Bertz CT molecular complexity index is 1220. The average Bonchev–Trinajstić information content (AvgIpc) is 3.27. The van der Waals surface area contributed by atoms with E-state index in [1.54, 1.807) is 13.2 Å². The third-order valence-electron chi connectivity index (χ3n) is 5.92. The van der Waals surface area contributed by atoms with Crippen LogP contribution in [0.5, 0.6) is 0 Å². The number of thiocarbonyl (C=S) groups is 1. The van der Waals surface area contributed by atoms with Crippen LogP contribution in [0, 0.1) is 11.3 Å². The van der Waals surface area contributed by atoms with Crippen molar-refractivity contribution in [1.82, 2.24) is 14.9 Å². The lowest BCUT2D eigenvalue weighted by atomic mass is 10.0. The predicted molar refractivity (Wildman–Crippen MR) is 137 cm³/mol. The summed E-state index contributed by atoms with van der Waals surface area (Å²) in [7, 11) is 1.60. The third-order valence-corrected chi connectivity index (χ3v) is 6.29. The van der Waals surface area contributed by atoms with E-state index in [-0.39, 0.29) is 17.6 Å². The molecule has 2 aliphatic heterocycles. The van der Waals surface area contributed by atoms with Crippen LogP contribution in [0.25, 0.3) is 0 Å². The van der Waals surface area contributed by atoms with E-state index in [1.165, 1.54) is 11.1 Å². The van der Waals surface area contributed by atoms with Gasteiger partial charge < -0.3 is 19.7 Å². The van der Waals surface area contributed by atoms with Crippen molar-refractivity contribution in [3.05, 3.63) is 40.7 Å². The number of urea groups is 1. The van der Waals surface area contributed by atoms with Crippen LogP contribution in [0.2, 0.25) is 0 Å². The number of anilines is 3. The molecule has 188 valence electrons. The molecule has 2 amide bonds. The maximum Gasteiger partial charge on any atom is 0.328 e. The van der Waals surface area contributed by atoms with E-state index in [0.717, 1.165) is 24.0 Å². The smallest absolute Gasteiger partial charge is 0.328 e. The molecule has 4 heterocycles. The number of carbonyl (C=O) groups is 2. The van der Waals surface area contributed by atoms with Crippen LogP contribution in [0.15, 0.2) is 18.3 Å². The number of aromatic nitrogens is 2. The number of methoxy groups -OCH3 is 1. The second-order valence-electron chi connectivity index (χ2n) is 8.58. The van der Waals surface area contributed by atoms with Crippen LogP contribution in [0.1, 0.15) is 40.5 Å². The largest absolute Gasteiger partial charge is 0.469 e. The lowest BCUT2D eigenvalue weighted by Crippen LogP contribution is -2.40. The molecule has 12 heteroatoms. The number of nitriles is 1. The molecule has 4 rings (SSSR count). The number of carbonyl (C=O) groups excluding carboxylic acids is 2. The molecular weight excluding hydrogens is 482 g/mol. The summed E-state index contributed by atoms with van der Waals surface area (Å²) < 4.78 is 10.5. The van der Waals surface area contributed by atoms with E-state index in [2.05, 4.69) is 26.7 Å². The standard InChI is InChI=1S/C24H27N7O4S/c1-15(14-34-2)27-19-9-21(26-11-18(19)10-25)29-23(33)31-5-3-4-16-8-17(20(13-32)28-22(16)31)12-30-6-7-35-24(30)36/h8-9,11,13,15H,3-7,12,14H2,1-2H3,(H2,26,27,29,33)/t15-/m1/s1. The minimum atomic E-state index is -0.421. The second kappa shape index (κ2) is 11.3. The first-order valence-electron chi connectivity index (χ1n) is 11.6. The highest BCUT2D eigenvalue weighted by Gasteiger charge is 2.28. The molecule has 2 aromatic rings. The van der Waals surface area contributed by atoms with Crippen LogP contribution in [-0.4, -0.2) is 71.8 Å². The van der Waals surface area contributed by atoms with Gasteiger partial charge in [-0.05, 0) is 43.6 Å². The Morgan fingerprint density at radius 2 is 2.25 bits per heavy atom. The van der Waals surface area contributed by atoms with Crippen molar-refractivity contribution in [1.29, 1.82) is 5.26 Å². The maximum absolute atomic E-state index is 13.2. The van der Waals surface area contributed by atoms with Gasteiger partial charge in [-0.2, -0.15) is 5.26 Å². The number of hydrogen-bond acceptors (Lipinski definition) is 9. The normalized spacial score (nSPS) is 15.5. The predicted octanol–water partition coefficient (Wildman–Crippen LogP) is 2.71. The lowest BCUT2D eigenvalue weighted by molar-refractivity contribution is 0.111. The first-order chi connectivity index (χ1) is 17.4. The number of amides is 2. The van der Waals surface area contributed by atoms with E-state index >= 15 is 0 Å². The van der Waals surface area contributed by atoms with Crippen molar-refractivity contribution in [2.75, 3.05) is 48.9 Å². The van der Waals surface area contributed by atoms with Crippen LogP contribution in [0.4, 0.5) is 22.1 Å². The number of nitrogens with one attached hydrogen (secondary N) is 2. The summed E-state index contributed by atoms with van der Waals surface area (Å²) in [4.78, 5) is 37.2. The van der Waals surface area contributed by atoms with Gasteiger partial charge in [0.2, 0.25) is 0 Å². The second-order valence-corrected chi connectivity index (χ2v) is 8.93. The fourth-order valence-electron chi connectivity index (χ4n) is 4.23. The van der Waals surface area contributed by atoms with E-state index in [9.17, 15) is 14.9 Å². The van der Waals surface area contributed by atoms with Gasteiger partial charge in [-0.25, -0.2) is 14.8 Å². The zero-order chi connectivity index (χ0) is 25.7. The quantitative estimate of drug-likeness (QED) is 0.404. The summed E-state index contributed by atoms with van der Waals surface area (Å²) in [6.45, 7) is 4.41. The monoisotopic (exact) mass is 509 g/mol. The molecule has 0 radical (unpaired) electrons. The zero-order valence-corrected chi connectivity index (χ0v) is 20.9. The SMILES string of the molecule is COC[C@@H](C)Nc1cc(NC(=O)N2CCCc3cc(CN4CCOC4=S)c(C=O)nc32)ncc1C#N.